The van der Waals surface area contributed by atoms with E-state index in [1.54, 1.807) is 12.1 Å². The van der Waals surface area contributed by atoms with Crippen LogP contribution in [0.3, 0.4) is 0 Å². The van der Waals surface area contributed by atoms with Crippen molar-refractivity contribution in [3.63, 3.8) is 0 Å². The normalized spacial score (nSPS) is 10.8. The summed E-state index contributed by atoms with van der Waals surface area (Å²) in [6, 6.07) is 11.1. The second-order valence-corrected chi connectivity index (χ2v) is 4.70. The fourth-order valence-electron chi connectivity index (χ4n) is 2.09. The van der Waals surface area contributed by atoms with Crippen LogP contribution in [-0.4, -0.2) is 11.3 Å². The molecule has 0 atom stereocenters. The number of carbonyl (C=O) groups is 1. The highest BCUT2D eigenvalue weighted by atomic mass is 35.5. The van der Waals surface area contributed by atoms with E-state index in [-0.39, 0.29) is 0 Å². The Morgan fingerprint density at radius 2 is 2.05 bits per heavy atom. The Morgan fingerprint density at radius 1 is 1.21 bits per heavy atom. The molecule has 1 aromatic carbocycles. The van der Waals surface area contributed by atoms with Gasteiger partial charge >= 0.3 is 0 Å². The van der Waals surface area contributed by atoms with Crippen LogP contribution in [0.1, 0.15) is 16.1 Å². The van der Waals surface area contributed by atoms with E-state index in [9.17, 15) is 4.79 Å². The predicted molar refractivity (Wildman–Crippen MR) is 74.6 cm³/mol. The minimum Gasteiger partial charge on any atom is -0.453 e. The Balaban J connectivity index is 2.18. The molecular weight excluding hydrogens is 262 g/mol. The lowest BCUT2D eigenvalue weighted by Gasteiger charge is -2.04. The maximum absolute atomic E-state index is 10.6. The SMILES string of the molecule is Cc1cc(Cl)nc2cc(-c3ccc(C=O)o3)ccc12. The summed E-state index contributed by atoms with van der Waals surface area (Å²) >= 11 is 5.97. The summed E-state index contributed by atoms with van der Waals surface area (Å²) in [5.74, 6) is 0.953. The topological polar surface area (TPSA) is 43.1 Å². The van der Waals surface area contributed by atoms with Gasteiger partial charge in [-0.25, -0.2) is 4.98 Å². The largest absolute Gasteiger partial charge is 0.453 e. The summed E-state index contributed by atoms with van der Waals surface area (Å²) in [5, 5.41) is 1.52. The minimum absolute atomic E-state index is 0.310. The Labute approximate surface area is 114 Å². The molecule has 94 valence electrons. The van der Waals surface area contributed by atoms with Gasteiger partial charge in [-0.2, -0.15) is 0 Å². The van der Waals surface area contributed by atoms with Crippen LogP contribution < -0.4 is 0 Å². The molecular formula is C15H10ClNO2. The number of hydrogen-bond donors (Lipinski definition) is 0. The molecule has 0 unspecified atom stereocenters. The first-order valence-electron chi connectivity index (χ1n) is 5.79. The number of aldehydes is 1. The van der Waals surface area contributed by atoms with Crippen molar-refractivity contribution in [3.05, 3.63) is 52.9 Å². The van der Waals surface area contributed by atoms with Crippen molar-refractivity contribution in [2.24, 2.45) is 0 Å². The van der Waals surface area contributed by atoms with Crippen molar-refractivity contribution >= 4 is 28.8 Å². The van der Waals surface area contributed by atoms with E-state index in [4.69, 9.17) is 16.0 Å². The standard InChI is InChI=1S/C15H10ClNO2/c1-9-6-15(16)17-13-7-10(2-4-12(9)13)14-5-3-11(8-18)19-14/h2-8H,1H3. The Hall–Kier alpha value is -2.13. The molecule has 0 saturated heterocycles. The molecule has 0 spiro atoms. The summed E-state index contributed by atoms with van der Waals surface area (Å²) in [4.78, 5) is 14.9. The van der Waals surface area contributed by atoms with Crippen LogP contribution in [-0.2, 0) is 0 Å². The van der Waals surface area contributed by atoms with E-state index >= 15 is 0 Å². The van der Waals surface area contributed by atoms with Gasteiger partial charge in [0.1, 0.15) is 10.9 Å². The molecule has 2 heterocycles. The highest BCUT2D eigenvalue weighted by Gasteiger charge is 2.07. The van der Waals surface area contributed by atoms with E-state index in [0.29, 0.717) is 23.0 Å². The van der Waals surface area contributed by atoms with Gasteiger partial charge in [-0.3, -0.25) is 4.79 Å². The maximum atomic E-state index is 10.6. The number of furan rings is 1. The summed E-state index contributed by atoms with van der Waals surface area (Å²) in [5.41, 5.74) is 2.76. The van der Waals surface area contributed by atoms with Gasteiger partial charge in [-0.1, -0.05) is 23.7 Å². The van der Waals surface area contributed by atoms with Gasteiger partial charge in [0.2, 0.25) is 0 Å². The molecule has 4 heteroatoms. The van der Waals surface area contributed by atoms with Crippen molar-refractivity contribution in [2.45, 2.75) is 6.92 Å². The van der Waals surface area contributed by atoms with Gasteiger partial charge in [0.05, 0.1) is 5.52 Å². The monoisotopic (exact) mass is 271 g/mol. The first kappa shape index (κ1) is 11.9. The number of fused-ring (bicyclic) bond motifs is 1. The number of hydrogen-bond acceptors (Lipinski definition) is 3. The molecule has 0 aliphatic rings. The Bertz CT molecular complexity index is 777. The van der Waals surface area contributed by atoms with E-state index in [1.165, 1.54) is 0 Å². The highest BCUT2D eigenvalue weighted by Crippen LogP contribution is 2.27. The van der Waals surface area contributed by atoms with Crippen LogP contribution in [0.15, 0.2) is 40.8 Å². The molecule has 0 N–H and O–H groups in total. The maximum Gasteiger partial charge on any atom is 0.185 e. The third-order valence-corrected chi connectivity index (χ3v) is 3.21. The predicted octanol–water partition coefficient (Wildman–Crippen LogP) is 4.27. The zero-order valence-electron chi connectivity index (χ0n) is 10.2. The first-order chi connectivity index (χ1) is 9.17. The number of benzene rings is 1. The lowest BCUT2D eigenvalue weighted by molar-refractivity contribution is 0.110. The van der Waals surface area contributed by atoms with Gasteiger partial charge in [0.25, 0.3) is 0 Å². The van der Waals surface area contributed by atoms with Crippen molar-refractivity contribution < 1.29 is 9.21 Å². The van der Waals surface area contributed by atoms with Crippen LogP contribution in [0, 0.1) is 6.92 Å². The molecule has 0 amide bonds. The molecule has 0 aliphatic heterocycles. The fourth-order valence-corrected chi connectivity index (χ4v) is 2.34. The molecule has 3 rings (SSSR count). The number of carbonyl (C=O) groups excluding carboxylic acids is 1. The van der Waals surface area contributed by atoms with E-state index in [1.807, 2.05) is 31.2 Å². The zero-order valence-corrected chi connectivity index (χ0v) is 10.9. The quantitative estimate of drug-likeness (QED) is 0.516. The van der Waals surface area contributed by atoms with Crippen LogP contribution >= 0.6 is 11.6 Å². The third-order valence-electron chi connectivity index (χ3n) is 3.01. The number of aryl methyl sites for hydroxylation is 1. The smallest absolute Gasteiger partial charge is 0.185 e. The summed E-state index contributed by atoms with van der Waals surface area (Å²) < 4.78 is 5.40. The van der Waals surface area contributed by atoms with Gasteiger partial charge < -0.3 is 4.42 Å². The van der Waals surface area contributed by atoms with Gasteiger partial charge in [0, 0.05) is 10.9 Å². The second kappa shape index (κ2) is 4.52. The highest BCUT2D eigenvalue weighted by molar-refractivity contribution is 6.29. The number of aromatic nitrogens is 1. The molecule has 19 heavy (non-hydrogen) atoms. The van der Waals surface area contributed by atoms with Crippen LogP contribution in [0.2, 0.25) is 5.15 Å². The molecule has 0 radical (unpaired) electrons. The number of pyridine rings is 1. The van der Waals surface area contributed by atoms with Crippen LogP contribution in [0.25, 0.3) is 22.2 Å². The van der Waals surface area contributed by atoms with E-state index < -0.39 is 0 Å². The van der Waals surface area contributed by atoms with Gasteiger partial charge in [-0.05, 0) is 36.8 Å². The van der Waals surface area contributed by atoms with E-state index in [2.05, 4.69) is 4.98 Å². The first-order valence-corrected chi connectivity index (χ1v) is 6.17. The lowest BCUT2D eigenvalue weighted by atomic mass is 10.1. The Kier molecular flexibility index (Phi) is 2.84. The molecule has 0 fully saturated rings. The molecule has 2 aromatic heterocycles. The minimum atomic E-state index is 0.310. The fraction of sp³-hybridized carbons (Fsp3) is 0.0667. The summed E-state index contributed by atoms with van der Waals surface area (Å²) in [7, 11) is 0. The third kappa shape index (κ3) is 2.13. The average molecular weight is 272 g/mol. The van der Waals surface area contributed by atoms with Crippen molar-refractivity contribution in [3.8, 4) is 11.3 Å². The van der Waals surface area contributed by atoms with E-state index in [0.717, 1.165) is 22.0 Å². The lowest BCUT2D eigenvalue weighted by Crippen LogP contribution is -1.85. The molecule has 0 aliphatic carbocycles. The molecule has 3 nitrogen and oxygen atoms in total. The number of nitrogens with zero attached hydrogens (tertiary/aromatic N) is 1. The Morgan fingerprint density at radius 3 is 2.79 bits per heavy atom. The average Bonchev–Trinajstić information content (AvgIpc) is 2.86. The van der Waals surface area contributed by atoms with Crippen molar-refractivity contribution in [1.82, 2.24) is 4.98 Å². The second-order valence-electron chi connectivity index (χ2n) is 4.31. The summed E-state index contributed by atoms with van der Waals surface area (Å²) in [6.45, 7) is 1.99. The van der Waals surface area contributed by atoms with Crippen molar-refractivity contribution in [1.29, 1.82) is 0 Å². The van der Waals surface area contributed by atoms with Crippen LogP contribution in [0.4, 0.5) is 0 Å². The molecule has 3 aromatic rings. The van der Waals surface area contributed by atoms with Gasteiger partial charge in [0.15, 0.2) is 12.0 Å². The van der Waals surface area contributed by atoms with Crippen molar-refractivity contribution in [2.75, 3.05) is 0 Å². The van der Waals surface area contributed by atoms with Gasteiger partial charge in [-0.15, -0.1) is 0 Å². The van der Waals surface area contributed by atoms with Crippen LogP contribution in [0.5, 0.6) is 0 Å². The summed E-state index contributed by atoms with van der Waals surface area (Å²) in [6.07, 6.45) is 0.684. The molecule has 0 bridgehead atoms. The number of rotatable bonds is 2. The zero-order chi connectivity index (χ0) is 13.4. The number of halogens is 1. The molecule has 0 saturated carbocycles.